The van der Waals surface area contributed by atoms with Gasteiger partial charge in [0.15, 0.2) is 6.61 Å². The lowest BCUT2D eigenvalue weighted by atomic mass is 10.2. The third-order valence-electron chi connectivity index (χ3n) is 4.22. The molecule has 2 rings (SSSR count). The maximum absolute atomic E-state index is 12.1. The molecule has 0 radical (unpaired) electrons. The van der Waals surface area contributed by atoms with Gasteiger partial charge in [-0.1, -0.05) is 13.0 Å². The SMILES string of the molecule is CC(CN(C)C(=O)Nc1cccc(OCC(=O)N2CCCC2)c1)C(=O)O. The summed E-state index contributed by atoms with van der Waals surface area (Å²) >= 11 is 0. The molecular formula is C18H25N3O5. The Morgan fingerprint density at radius 3 is 2.65 bits per heavy atom. The average Bonchev–Trinajstić information content (AvgIpc) is 3.14. The number of urea groups is 1. The summed E-state index contributed by atoms with van der Waals surface area (Å²) in [6.45, 7) is 3.16. The first kappa shape index (κ1) is 19.6. The number of likely N-dealkylation sites (tertiary alicyclic amines) is 1. The van der Waals surface area contributed by atoms with Crippen LogP contribution in [-0.2, 0) is 9.59 Å². The van der Waals surface area contributed by atoms with E-state index in [9.17, 15) is 14.4 Å². The van der Waals surface area contributed by atoms with Crippen LogP contribution in [0.1, 0.15) is 19.8 Å². The van der Waals surface area contributed by atoms with Gasteiger partial charge in [0.05, 0.1) is 5.92 Å². The third-order valence-corrected chi connectivity index (χ3v) is 4.22. The van der Waals surface area contributed by atoms with Crippen LogP contribution in [0.15, 0.2) is 24.3 Å². The summed E-state index contributed by atoms with van der Waals surface area (Å²) in [6, 6.07) is 6.34. The van der Waals surface area contributed by atoms with E-state index in [0.29, 0.717) is 11.4 Å². The number of carboxylic acid groups (broad SMARTS) is 1. The molecule has 1 heterocycles. The second kappa shape index (κ2) is 9.07. The van der Waals surface area contributed by atoms with Gasteiger partial charge >= 0.3 is 12.0 Å². The molecule has 0 bridgehead atoms. The number of nitrogens with zero attached hydrogens (tertiary/aromatic N) is 2. The fourth-order valence-corrected chi connectivity index (χ4v) is 2.66. The molecule has 8 nitrogen and oxygen atoms in total. The molecule has 0 spiro atoms. The van der Waals surface area contributed by atoms with E-state index < -0.39 is 17.9 Å². The molecule has 1 aliphatic rings. The fourth-order valence-electron chi connectivity index (χ4n) is 2.66. The van der Waals surface area contributed by atoms with Crippen molar-refractivity contribution in [3.8, 4) is 5.75 Å². The van der Waals surface area contributed by atoms with Gasteiger partial charge in [-0.2, -0.15) is 0 Å². The largest absolute Gasteiger partial charge is 0.484 e. The van der Waals surface area contributed by atoms with Crippen molar-refractivity contribution in [2.24, 2.45) is 5.92 Å². The highest BCUT2D eigenvalue weighted by atomic mass is 16.5. The molecule has 26 heavy (non-hydrogen) atoms. The van der Waals surface area contributed by atoms with Crippen molar-refractivity contribution in [1.29, 1.82) is 0 Å². The van der Waals surface area contributed by atoms with Crippen molar-refractivity contribution >= 4 is 23.6 Å². The summed E-state index contributed by atoms with van der Waals surface area (Å²) in [5.74, 6) is -1.17. The predicted octanol–water partition coefficient (Wildman–Crippen LogP) is 1.87. The van der Waals surface area contributed by atoms with E-state index in [1.54, 1.807) is 29.2 Å². The predicted molar refractivity (Wildman–Crippen MR) is 96.2 cm³/mol. The minimum atomic E-state index is -0.956. The number of carboxylic acids is 1. The highest BCUT2D eigenvalue weighted by molar-refractivity contribution is 5.89. The van der Waals surface area contributed by atoms with Gasteiger partial charge in [0.2, 0.25) is 0 Å². The van der Waals surface area contributed by atoms with E-state index in [2.05, 4.69) is 5.32 Å². The van der Waals surface area contributed by atoms with Crippen LogP contribution in [0.5, 0.6) is 5.75 Å². The number of aliphatic carboxylic acids is 1. The van der Waals surface area contributed by atoms with Crippen LogP contribution >= 0.6 is 0 Å². The molecule has 0 saturated carbocycles. The summed E-state index contributed by atoms with van der Waals surface area (Å²) in [4.78, 5) is 38.1. The van der Waals surface area contributed by atoms with Crippen molar-refractivity contribution in [2.75, 3.05) is 38.6 Å². The molecule has 1 unspecified atom stereocenters. The summed E-state index contributed by atoms with van der Waals surface area (Å²) in [7, 11) is 1.53. The third kappa shape index (κ3) is 5.65. The highest BCUT2D eigenvalue weighted by Crippen LogP contribution is 2.18. The first-order valence-electron chi connectivity index (χ1n) is 8.62. The van der Waals surface area contributed by atoms with Gasteiger partial charge in [0.1, 0.15) is 5.75 Å². The summed E-state index contributed by atoms with van der Waals surface area (Å²) < 4.78 is 5.53. The summed E-state index contributed by atoms with van der Waals surface area (Å²) in [5, 5.41) is 11.6. The zero-order chi connectivity index (χ0) is 19.1. The number of rotatable bonds is 7. The minimum absolute atomic E-state index is 0.0343. The Labute approximate surface area is 152 Å². The molecule has 142 valence electrons. The standard InChI is InChI=1S/C18H25N3O5/c1-13(17(23)24)11-20(2)18(25)19-14-6-5-7-15(10-14)26-12-16(22)21-8-3-4-9-21/h5-7,10,13H,3-4,8-9,11-12H2,1-2H3,(H,19,25)(H,23,24). The van der Waals surface area contributed by atoms with Crippen molar-refractivity contribution in [1.82, 2.24) is 9.80 Å². The van der Waals surface area contributed by atoms with E-state index in [1.807, 2.05) is 0 Å². The number of nitrogens with one attached hydrogen (secondary N) is 1. The van der Waals surface area contributed by atoms with Crippen LogP contribution in [0.25, 0.3) is 0 Å². The van der Waals surface area contributed by atoms with Gasteiger partial charge in [0.25, 0.3) is 5.91 Å². The van der Waals surface area contributed by atoms with Crippen molar-refractivity contribution in [3.63, 3.8) is 0 Å². The monoisotopic (exact) mass is 363 g/mol. The molecule has 1 saturated heterocycles. The van der Waals surface area contributed by atoms with Crippen LogP contribution in [0.3, 0.4) is 0 Å². The summed E-state index contributed by atoms with van der Waals surface area (Å²) in [5.41, 5.74) is 0.510. The number of benzene rings is 1. The van der Waals surface area contributed by atoms with Crippen LogP contribution in [-0.4, -0.2) is 66.1 Å². The second-order valence-electron chi connectivity index (χ2n) is 6.45. The minimum Gasteiger partial charge on any atom is -0.484 e. The fraction of sp³-hybridized carbons (Fsp3) is 0.500. The number of amides is 3. The number of hydrogen-bond donors (Lipinski definition) is 2. The van der Waals surface area contributed by atoms with E-state index >= 15 is 0 Å². The molecule has 8 heteroatoms. The van der Waals surface area contributed by atoms with Gasteiger partial charge in [-0.05, 0) is 25.0 Å². The summed E-state index contributed by atoms with van der Waals surface area (Å²) in [6.07, 6.45) is 2.06. The Morgan fingerprint density at radius 1 is 1.31 bits per heavy atom. The van der Waals surface area contributed by atoms with Crippen molar-refractivity contribution < 1.29 is 24.2 Å². The van der Waals surface area contributed by atoms with E-state index in [-0.39, 0.29) is 19.1 Å². The van der Waals surface area contributed by atoms with Gasteiger partial charge in [-0.3, -0.25) is 9.59 Å². The molecule has 1 aromatic rings. The second-order valence-corrected chi connectivity index (χ2v) is 6.45. The first-order valence-corrected chi connectivity index (χ1v) is 8.62. The van der Waals surface area contributed by atoms with Crippen molar-refractivity contribution in [3.05, 3.63) is 24.3 Å². The Kier molecular flexibility index (Phi) is 6.82. The van der Waals surface area contributed by atoms with Crippen LogP contribution in [0.4, 0.5) is 10.5 Å². The lowest BCUT2D eigenvalue weighted by Gasteiger charge is -2.20. The van der Waals surface area contributed by atoms with Gasteiger partial charge in [0, 0.05) is 38.4 Å². The molecule has 3 amide bonds. The Balaban J connectivity index is 1.86. The Morgan fingerprint density at radius 2 is 2.00 bits per heavy atom. The average molecular weight is 363 g/mol. The zero-order valence-electron chi connectivity index (χ0n) is 15.1. The number of anilines is 1. The first-order chi connectivity index (χ1) is 12.4. The number of ether oxygens (including phenoxy) is 1. The quantitative estimate of drug-likeness (QED) is 0.770. The lowest BCUT2D eigenvalue weighted by Crippen LogP contribution is -2.36. The molecule has 1 atom stereocenters. The maximum Gasteiger partial charge on any atom is 0.321 e. The Hall–Kier alpha value is -2.77. The molecule has 1 aliphatic heterocycles. The van der Waals surface area contributed by atoms with Gasteiger partial charge in [-0.15, -0.1) is 0 Å². The van der Waals surface area contributed by atoms with Gasteiger partial charge in [-0.25, -0.2) is 4.79 Å². The van der Waals surface area contributed by atoms with E-state index in [0.717, 1.165) is 25.9 Å². The zero-order valence-corrected chi connectivity index (χ0v) is 15.1. The van der Waals surface area contributed by atoms with Crippen LogP contribution in [0.2, 0.25) is 0 Å². The number of carbonyl (C=O) groups is 3. The molecule has 1 aromatic carbocycles. The molecule has 2 N–H and O–H groups in total. The molecule has 1 fully saturated rings. The topological polar surface area (TPSA) is 99.2 Å². The maximum atomic E-state index is 12.1. The molecular weight excluding hydrogens is 338 g/mol. The van der Waals surface area contributed by atoms with Crippen LogP contribution in [0, 0.1) is 5.92 Å². The van der Waals surface area contributed by atoms with E-state index in [4.69, 9.17) is 9.84 Å². The molecule has 0 aliphatic carbocycles. The molecule has 0 aromatic heterocycles. The lowest BCUT2D eigenvalue weighted by molar-refractivity contribution is -0.141. The number of hydrogen-bond acceptors (Lipinski definition) is 4. The van der Waals surface area contributed by atoms with E-state index in [1.165, 1.54) is 18.9 Å². The normalized spacial score (nSPS) is 14.6. The Bertz CT molecular complexity index is 658. The van der Waals surface area contributed by atoms with Gasteiger partial charge < -0.3 is 25.0 Å². The number of carbonyl (C=O) groups excluding carboxylic acids is 2. The van der Waals surface area contributed by atoms with Crippen LogP contribution < -0.4 is 10.1 Å². The van der Waals surface area contributed by atoms with Crippen molar-refractivity contribution in [2.45, 2.75) is 19.8 Å². The highest BCUT2D eigenvalue weighted by Gasteiger charge is 2.19. The smallest absolute Gasteiger partial charge is 0.321 e.